The van der Waals surface area contributed by atoms with Gasteiger partial charge in [0, 0.05) is 13.7 Å². The number of methoxy groups -OCH3 is 1. The summed E-state index contributed by atoms with van der Waals surface area (Å²) in [5, 5.41) is 2.60. The first-order valence-electron chi connectivity index (χ1n) is 8.10. The van der Waals surface area contributed by atoms with Crippen molar-refractivity contribution in [1.82, 2.24) is 0 Å². The molecule has 0 atom stereocenters. The Labute approximate surface area is 138 Å². The van der Waals surface area contributed by atoms with E-state index in [4.69, 9.17) is 4.74 Å². The number of hydrogen-bond donors (Lipinski definition) is 0. The Morgan fingerprint density at radius 2 is 1.52 bits per heavy atom. The van der Waals surface area contributed by atoms with Gasteiger partial charge in [-0.05, 0) is 40.3 Å². The summed E-state index contributed by atoms with van der Waals surface area (Å²) in [6.45, 7) is 0.779. The Morgan fingerprint density at radius 1 is 0.783 bits per heavy atom. The van der Waals surface area contributed by atoms with Crippen molar-refractivity contribution in [2.24, 2.45) is 0 Å². The van der Waals surface area contributed by atoms with Crippen molar-refractivity contribution in [2.45, 2.75) is 12.8 Å². The maximum Gasteiger partial charge on any atom is 0.0496 e. The SMILES string of the molecule is COCC/C=C\Cc1ccccc1-c1cccc2ccccc12. The van der Waals surface area contributed by atoms with Gasteiger partial charge >= 0.3 is 0 Å². The predicted molar refractivity (Wildman–Crippen MR) is 98.7 cm³/mol. The molecule has 3 aromatic carbocycles. The van der Waals surface area contributed by atoms with Crippen LogP contribution in [0.15, 0.2) is 78.9 Å². The lowest BCUT2D eigenvalue weighted by molar-refractivity contribution is 0.204. The normalized spacial score (nSPS) is 11.3. The Balaban J connectivity index is 1.95. The van der Waals surface area contributed by atoms with Gasteiger partial charge in [0.1, 0.15) is 0 Å². The van der Waals surface area contributed by atoms with Gasteiger partial charge < -0.3 is 4.74 Å². The molecule has 0 bridgehead atoms. The third-order valence-electron chi connectivity index (χ3n) is 4.09. The lowest BCUT2D eigenvalue weighted by Crippen LogP contribution is -1.90. The van der Waals surface area contributed by atoms with Gasteiger partial charge in [-0.15, -0.1) is 0 Å². The van der Waals surface area contributed by atoms with Gasteiger partial charge in [-0.1, -0.05) is 78.9 Å². The summed E-state index contributed by atoms with van der Waals surface area (Å²) < 4.78 is 5.08. The molecule has 0 aromatic heterocycles. The van der Waals surface area contributed by atoms with Crippen LogP contribution in [0.4, 0.5) is 0 Å². The molecule has 0 N–H and O–H groups in total. The minimum Gasteiger partial charge on any atom is -0.384 e. The summed E-state index contributed by atoms with van der Waals surface area (Å²) in [5.41, 5.74) is 3.99. The molecule has 0 fully saturated rings. The van der Waals surface area contributed by atoms with Crippen LogP contribution in [0.1, 0.15) is 12.0 Å². The first kappa shape index (κ1) is 15.5. The lowest BCUT2D eigenvalue weighted by Gasteiger charge is -2.11. The fourth-order valence-electron chi connectivity index (χ4n) is 2.94. The molecule has 0 amide bonds. The second-order valence-corrected chi connectivity index (χ2v) is 5.64. The van der Waals surface area contributed by atoms with E-state index in [0.717, 1.165) is 19.4 Å². The molecule has 3 rings (SSSR count). The highest BCUT2D eigenvalue weighted by Crippen LogP contribution is 2.31. The Kier molecular flexibility index (Phi) is 5.23. The third-order valence-corrected chi connectivity index (χ3v) is 4.09. The molecule has 0 aliphatic rings. The molecule has 0 unspecified atom stereocenters. The highest BCUT2D eigenvalue weighted by molar-refractivity contribution is 5.97. The minimum absolute atomic E-state index is 0.779. The number of allylic oxidation sites excluding steroid dienone is 1. The van der Waals surface area contributed by atoms with Crippen LogP contribution >= 0.6 is 0 Å². The van der Waals surface area contributed by atoms with Crippen LogP contribution in [0, 0.1) is 0 Å². The van der Waals surface area contributed by atoms with Gasteiger partial charge in [-0.3, -0.25) is 0 Å². The zero-order valence-corrected chi connectivity index (χ0v) is 13.5. The van der Waals surface area contributed by atoms with Crippen LogP contribution in [0.25, 0.3) is 21.9 Å². The van der Waals surface area contributed by atoms with Crippen LogP contribution < -0.4 is 0 Å². The molecule has 0 heterocycles. The number of fused-ring (bicyclic) bond motifs is 1. The molecular weight excluding hydrogens is 280 g/mol. The van der Waals surface area contributed by atoms with Gasteiger partial charge in [0.25, 0.3) is 0 Å². The maximum absolute atomic E-state index is 5.08. The lowest BCUT2D eigenvalue weighted by atomic mass is 9.93. The molecule has 0 saturated carbocycles. The van der Waals surface area contributed by atoms with Crippen molar-refractivity contribution in [3.8, 4) is 11.1 Å². The fourth-order valence-corrected chi connectivity index (χ4v) is 2.94. The summed E-state index contributed by atoms with van der Waals surface area (Å²) in [7, 11) is 1.74. The average Bonchev–Trinajstić information content (AvgIpc) is 2.61. The summed E-state index contributed by atoms with van der Waals surface area (Å²) in [4.78, 5) is 0. The predicted octanol–water partition coefficient (Wildman–Crippen LogP) is 5.64. The zero-order chi connectivity index (χ0) is 15.9. The van der Waals surface area contributed by atoms with Crippen molar-refractivity contribution in [3.05, 3.63) is 84.4 Å². The van der Waals surface area contributed by atoms with Gasteiger partial charge in [-0.25, -0.2) is 0 Å². The molecule has 0 spiro atoms. The van der Waals surface area contributed by atoms with E-state index in [1.165, 1.54) is 27.5 Å². The van der Waals surface area contributed by atoms with Crippen molar-refractivity contribution in [2.75, 3.05) is 13.7 Å². The van der Waals surface area contributed by atoms with E-state index < -0.39 is 0 Å². The molecular formula is C22H22O. The molecule has 1 heteroatoms. The van der Waals surface area contributed by atoms with E-state index in [1.807, 2.05) is 0 Å². The van der Waals surface area contributed by atoms with Gasteiger partial charge in [0.2, 0.25) is 0 Å². The van der Waals surface area contributed by atoms with Crippen molar-refractivity contribution >= 4 is 10.8 Å². The molecule has 0 saturated heterocycles. The monoisotopic (exact) mass is 302 g/mol. The van der Waals surface area contributed by atoms with Crippen LogP contribution in [0.3, 0.4) is 0 Å². The first-order chi connectivity index (χ1) is 11.4. The van der Waals surface area contributed by atoms with E-state index in [-0.39, 0.29) is 0 Å². The molecule has 1 nitrogen and oxygen atoms in total. The Morgan fingerprint density at radius 3 is 2.43 bits per heavy atom. The standard InChI is InChI=1S/C22H22O/c1-23-17-8-2-3-10-18-11-4-6-14-20(18)22-16-9-13-19-12-5-7-15-21(19)22/h2-7,9,11-16H,8,10,17H2,1H3/b3-2-. The fraction of sp³-hybridized carbons (Fsp3) is 0.182. The van der Waals surface area contributed by atoms with Gasteiger partial charge in [0.15, 0.2) is 0 Å². The van der Waals surface area contributed by atoms with E-state index in [9.17, 15) is 0 Å². The smallest absolute Gasteiger partial charge is 0.0496 e. The average molecular weight is 302 g/mol. The second-order valence-electron chi connectivity index (χ2n) is 5.64. The summed E-state index contributed by atoms with van der Waals surface area (Å²) >= 11 is 0. The highest BCUT2D eigenvalue weighted by Gasteiger charge is 2.06. The maximum atomic E-state index is 5.08. The summed E-state index contributed by atoms with van der Waals surface area (Å²) in [6.07, 6.45) is 6.35. The molecule has 3 aromatic rings. The van der Waals surface area contributed by atoms with Crippen LogP contribution in [-0.2, 0) is 11.2 Å². The van der Waals surface area contributed by atoms with Crippen LogP contribution in [-0.4, -0.2) is 13.7 Å². The van der Waals surface area contributed by atoms with Crippen molar-refractivity contribution in [3.63, 3.8) is 0 Å². The third kappa shape index (κ3) is 3.69. The summed E-state index contributed by atoms with van der Waals surface area (Å²) in [6, 6.07) is 23.8. The molecule has 0 radical (unpaired) electrons. The Hall–Kier alpha value is -2.38. The van der Waals surface area contributed by atoms with E-state index in [1.54, 1.807) is 7.11 Å². The van der Waals surface area contributed by atoms with Crippen LogP contribution in [0.5, 0.6) is 0 Å². The van der Waals surface area contributed by atoms with Crippen molar-refractivity contribution < 1.29 is 4.74 Å². The van der Waals surface area contributed by atoms with Crippen molar-refractivity contribution in [1.29, 1.82) is 0 Å². The second kappa shape index (κ2) is 7.75. The van der Waals surface area contributed by atoms with E-state index >= 15 is 0 Å². The molecule has 0 aliphatic heterocycles. The first-order valence-corrected chi connectivity index (χ1v) is 8.10. The molecule has 0 aliphatic carbocycles. The number of hydrogen-bond acceptors (Lipinski definition) is 1. The highest BCUT2D eigenvalue weighted by atomic mass is 16.5. The van der Waals surface area contributed by atoms with E-state index in [2.05, 4.69) is 78.9 Å². The van der Waals surface area contributed by atoms with E-state index in [0.29, 0.717) is 0 Å². The quantitative estimate of drug-likeness (QED) is 0.423. The van der Waals surface area contributed by atoms with Gasteiger partial charge in [-0.2, -0.15) is 0 Å². The largest absolute Gasteiger partial charge is 0.384 e. The molecule has 23 heavy (non-hydrogen) atoms. The number of ether oxygens (including phenoxy) is 1. The summed E-state index contributed by atoms with van der Waals surface area (Å²) in [5.74, 6) is 0. The Bertz CT molecular complexity index is 796. The number of benzene rings is 3. The number of rotatable bonds is 6. The van der Waals surface area contributed by atoms with Gasteiger partial charge in [0.05, 0.1) is 0 Å². The topological polar surface area (TPSA) is 9.23 Å². The van der Waals surface area contributed by atoms with Crippen LogP contribution in [0.2, 0.25) is 0 Å². The molecule has 116 valence electrons. The minimum atomic E-state index is 0.779. The zero-order valence-electron chi connectivity index (χ0n) is 13.5.